The minimum Gasteiger partial charge on any atom is -0.378 e. The SMILES string of the molecule is CCOC1CC(NCC2(CC)CC2)C12CCCCC2. The highest BCUT2D eigenvalue weighted by molar-refractivity contribution is 5.10. The predicted molar refractivity (Wildman–Crippen MR) is 79.3 cm³/mol. The highest BCUT2D eigenvalue weighted by atomic mass is 16.5. The third-order valence-corrected chi connectivity index (χ3v) is 6.37. The molecule has 110 valence electrons. The lowest BCUT2D eigenvalue weighted by molar-refractivity contribution is -0.150. The molecule has 3 aliphatic rings. The van der Waals surface area contributed by atoms with Gasteiger partial charge < -0.3 is 10.1 Å². The number of nitrogens with one attached hydrogen (secondary N) is 1. The summed E-state index contributed by atoms with van der Waals surface area (Å²) in [6.07, 6.45) is 13.1. The van der Waals surface area contributed by atoms with E-state index in [0.29, 0.717) is 16.9 Å². The van der Waals surface area contributed by atoms with Crippen molar-refractivity contribution < 1.29 is 4.74 Å². The molecule has 1 N–H and O–H groups in total. The predicted octanol–water partition coefficient (Wildman–Crippen LogP) is 3.89. The molecule has 2 atom stereocenters. The van der Waals surface area contributed by atoms with Crippen LogP contribution < -0.4 is 5.32 Å². The van der Waals surface area contributed by atoms with E-state index in [1.807, 2.05) is 0 Å². The Balaban J connectivity index is 1.58. The van der Waals surface area contributed by atoms with E-state index in [1.54, 1.807) is 0 Å². The summed E-state index contributed by atoms with van der Waals surface area (Å²) >= 11 is 0. The van der Waals surface area contributed by atoms with Crippen molar-refractivity contribution in [3.63, 3.8) is 0 Å². The van der Waals surface area contributed by atoms with E-state index in [4.69, 9.17) is 4.74 Å². The zero-order valence-corrected chi connectivity index (χ0v) is 12.8. The van der Waals surface area contributed by atoms with Crippen molar-refractivity contribution in [1.29, 1.82) is 0 Å². The maximum absolute atomic E-state index is 6.04. The second-order valence-electron chi connectivity index (χ2n) is 7.26. The molecule has 2 unspecified atom stereocenters. The largest absolute Gasteiger partial charge is 0.378 e. The smallest absolute Gasteiger partial charge is 0.0661 e. The van der Waals surface area contributed by atoms with E-state index < -0.39 is 0 Å². The topological polar surface area (TPSA) is 21.3 Å². The zero-order valence-electron chi connectivity index (χ0n) is 12.8. The Kier molecular flexibility index (Phi) is 3.92. The lowest BCUT2D eigenvalue weighted by Gasteiger charge is -2.58. The Labute approximate surface area is 118 Å². The van der Waals surface area contributed by atoms with Crippen LogP contribution in [-0.2, 0) is 4.74 Å². The summed E-state index contributed by atoms with van der Waals surface area (Å²) in [7, 11) is 0. The highest BCUT2D eigenvalue weighted by Gasteiger charge is 2.56. The Morgan fingerprint density at radius 1 is 1.05 bits per heavy atom. The van der Waals surface area contributed by atoms with Crippen molar-refractivity contribution in [2.24, 2.45) is 10.8 Å². The van der Waals surface area contributed by atoms with E-state index in [1.165, 1.54) is 64.3 Å². The van der Waals surface area contributed by atoms with E-state index in [0.717, 1.165) is 12.6 Å². The van der Waals surface area contributed by atoms with Crippen LogP contribution in [0.25, 0.3) is 0 Å². The molecule has 0 aromatic carbocycles. The fourth-order valence-corrected chi connectivity index (χ4v) is 4.52. The van der Waals surface area contributed by atoms with Crippen molar-refractivity contribution in [1.82, 2.24) is 5.32 Å². The van der Waals surface area contributed by atoms with Gasteiger partial charge in [-0.2, -0.15) is 0 Å². The van der Waals surface area contributed by atoms with Gasteiger partial charge in [0, 0.05) is 24.6 Å². The molecule has 1 spiro atoms. The van der Waals surface area contributed by atoms with Gasteiger partial charge >= 0.3 is 0 Å². The normalized spacial score (nSPS) is 35.1. The van der Waals surface area contributed by atoms with Gasteiger partial charge in [-0.05, 0) is 50.9 Å². The molecule has 3 fully saturated rings. The van der Waals surface area contributed by atoms with E-state index in [9.17, 15) is 0 Å². The van der Waals surface area contributed by atoms with Crippen LogP contribution >= 0.6 is 0 Å². The molecule has 19 heavy (non-hydrogen) atoms. The first-order chi connectivity index (χ1) is 9.25. The molecule has 3 saturated carbocycles. The quantitative estimate of drug-likeness (QED) is 0.786. The van der Waals surface area contributed by atoms with E-state index in [2.05, 4.69) is 19.2 Å². The second-order valence-corrected chi connectivity index (χ2v) is 7.26. The van der Waals surface area contributed by atoms with Crippen LogP contribution in [-0.4, -0.2) is 25.3 Å². The lowest BCUT2D eigenvalue weighted by Crippen LogP contribution is -2.65. The number of rotatable bonds is 6. The van der Waals surface area contributed by atoms with Crippen LogP contribution in [0.15, 0.2) is 0 Å². The average molecular weight is 265 g/mol. The molecule has 3 rings (SSSR count). The van der Waals surface area contributed by atoms with Crippen LogP contribution in [0, 0.1) is 10.8 Å². The van der Waals surface area contributed by atoms with Crippen molar-refractivity contribution in [3.05, 3.63) is 0 Å². The van der Waals surface area contributed by atoms with Crippen molar-refractivity contribution in [2.45, 2.75) is 83.8 Å². The number of ether oxygens (including phenoxy) is 1. The molecule has 0 aromatic heterocycles. The summed E-state index contributed by atoms with van der Waals surface area (Å²) in [4.78, 5) is 0. The van der Waals surface area contributed by atoms with Crippen LogP contribution in [0.2, 0.25) is 0 Å². The standard InChI is InChI=1S/C17H31NO/c1-3-16(10-11-16)13-18-14-12-15(19-4-2)17(14)8-6-5-7-9-17/h14-15,18H,3-13H2,1-2H3. The molecule has 0 aromatic rings. The Bertz CT molecular complexity index is 304. The molecule has 2 heteroatoms. The van der Waals surface area contributed by atoms with Crippen molar-refractivity contribution >= 4 is 0 Å². The van der Waals surface area contributed by atoms with Gasteiger partial charge in [0.2, 0.25) is 0 Å². The van der Waals surface area contributed by atoms with Gasteiger partial charge in [-0.3, -0.25) is 0 Å². The van der Waals surface area contributed by atoms with Crippen LogP contribution in [0.5, 0.6) is 0 Å². The molecule has 3 aliphatic carbocycles. The highest BCUT2D eigenvalue weighted by Crippen LogP contribution is 2.54. The van der Waals surface area contributed by atoms with Gasteiger partial charge in [0.05, 0.1) is 6.10 Å². The third kappa shape index (κ3) is 2.47. The molecule has 0 saturated heterocycles. The Hall–Kier alpha value is -0.0800. The maximum atomic E-state index is 6.04. The fraction of sp³-hybridized carbons (Fsp3) is 1.00. The Morgan fingerprint density at radius 2 is 1.79 bits per heavy atom. The van der Waals surface area contributed by atoms with Gasteiger partial charge in [-0.15, -0.1) is 0 Å². The maximum Gasteiger partial charge on any atom is 0.0661 e. The molecular weight excluding hydrogens is 234 g/mol. The first-order valence-corrected chi connectivity index (χ1v) is 8.60. The fourth-order valence-electron chi connectivity index (χ4n) is 4.52. The Morgan fingerprint density at radius 3 is 2.37 bits per heavy atom. The minimum atomic E-state index is 0.498. The van der Waals surface area contributed by atoms with Gasteiger partial charge in [-0.1, -0.05) is 26.2 Å². The summed E-state index contributed by atoms with van der Waals surface area (Å²) < 4.78 is 6.04. The summed E-state index contributed by atoms with van der Waals surface area (Å²) in [6.45, 7) is 6.65. The average Bonchev–Trinajstić information content (AvgIpc) is 3.23. The second kappa shape index (κ2) is 5.37. The zero-order chi connectivity index (χ0) is 13.3. The summed E-state index contributed by atoms with van der Waals surface area (Å²) in [5.41, 5.74) is 1.17. The van der Waals surface area contributed by atoms with Crippen molar-refractivity contribution in [2.75, 3.05) is 13.2 Å². The lowest BCUT2D eigenvalue weighted by atomic mass is 9.55. The molecule has 0 aliphatic heterocycles. The molecule has 2 nitrogen and oxygen atoms in total. The molecule has 0 amide bonds. The third-order valence-electron chi connectivity index (χ3n) is 6.37. The van der Waals surface area contributed by atoms with Gasteiger partial charge in [-0.25, -0.2) is 0 Å². The van der Waals surface area contributed by atoms with Crippen LogP contribution in [0.1, 0.15) is 71.6 Å². The van der Waals surface area contributed by atoms with Crippen LogP contribution in [0.3, 0.4) is 0 Å². The van der Waals surface area contributed by atoms with E-state index in [-0.39, 0.29) is 0 Å². The van der Waals surface area contributed by atoms with Gasteiger partial charge in [0.25, 0.3) is 0 Å². The number of hydrogen-bond acceptors (Lipinski definition) is 2. The van der Waals surface area contributed by atoms with Crippen LogP contribution in [0.4, 0.5) is 0 Å². The van der Waals surface area contributed by atoms with Crippen molar-refractivity contribution in [3.8, 4) is 0 Å². The first-order valence-electron chi connectivity index (χ1n) is 8.60. The van der Waals surface area contributed by atoms with Gasteiger partial charge in [0.1, 0.15) is 0 Å². The summed E-state index contributed by atoms with van der Waals surface area (Å²) in [5.74, 6) is 0. The minimum absolute atomic E-state index is 0.498. The summed E-state index contributed by atoms with van der Waals surface area (Å²) in [6, 6.07) is 0.744. The van der Waals surface area contributed by atoms with Gasteiger partial charge in [0.15, 0.2) is 0 Å². The molecular formula is C17H31NO. The van der Waals surface area contributed by atoms with E-state index >= 15 is 0 Å². The monoisotopic (exact) mass is 265 g/mol. The molecule has 0 bridgehead atoms. The number of hydrogen-bond donors (Lipinski definition) is 1. The first kappa shape index (κ1) is 13.9. The molecule has 0 heterocycles. The molecule has 0 radical (unpaired) electrons. The summed E-state index contributed by atoms with van der Waals surface area (Å²) in [5, 5.41) is 3.94.